The number of hydrogen-bond donors (Lipinski definition) is 1. The molecular formula is C20H27F3N4O2. The van der Waals surface area contributed by atoms with E-state index >= 15 is 0 Å². The third-order valence-electron chi connectivity index (χ3n) is 6.71. The molecule has 2 saturated heterocycles. The molecule has 3 aliphatic rings. The Balaban J connectivity index is 1.40. The summed E-state index contributed by atoms with van der Waals surface area (Å²) in [4.78, 5) is 22.8. The lowest BCUT2D eigenvalue weighted by molar-refractivity contribution is -0.137. The molecule has 3 fully saturated rings. The summed E-state index contributed by atoms with van der Waals surface area (Å²) in [6.45, 7) is 4.95. The molecule has 1 aromatic rings. The Labute approximate surface area is 168 Å². The van der Waals surface area contributed by atoms with Gasteiger partial charge in [-0.15, -0.1) is 0 Å². The van der Waals surface area contributed by atoms with Gasteiger partial charge in [0.15, 0.2) is 0 Å². The van der Waals surface area contributed by atoms with E-state index in [9.17, 15) is 23.1 Å². The number of hydrogen-bond acceptors (Lipinski definition) is 5. The van der Waals surface area contributed by atoms with Crippen LogP contribution in [0.25, 0.3) is 0 Å². The number of likely N-dealkylation sites (tertiary alicyclic amines) is 1. The van der Waals surface area contributed by atoms with E-state index in [4.69, 9.17) is 0 Å². The van der Waals surface area contributed by atoms with Gasteiger partial charge in [-0.3, -0.25) is 14.7 Å². The quantitative estimate of drug-likeness (QED) is 0.799. The van der Waals surface area contributed by atoms with Gasteiger partial charge in [0, 0.05) is 51.5 Å². The van der Waals surface area contributed by atoms with E-state index in [1.165, 1.54) is 0 Å². The van der Waals surface area contributed by atoms with Crippen molar-refractivity contribution < 1.29 is 23.1 Å². The molecule has 1 aliphatic carbocycles. The molecule has 1 N–H and O–H groups in total. The van der Waals surface area contributed by atoms with E-state index < -0.39 is 17.8 Å². The molecule has 1 aromatic heterocycles. The predicted octanol–water partition coefficient (Wildman–Crippen LogP) is 1.56. The maximum atomic E-state index is 12.8. The highest BCUT2D eigenvalue weighted by Crippen LogP contribution is 2.39. The number of rotatable bonds is 2. The summed E-state index contributed by atoms with van der Waals surface area (Å²) in [5.74, 6) is 0.201. The van der Waals surface area contributed by atoms with Gasteiger partial charge in [0.1, 0.15) is 5.69 Å². The fourth-order valence-corrected chi connectivity index (χ4v) is 4.97. The first-order valence-corrected chi connectivity index (χ1v) is 10.2. The van der Waals surface area contributed by atoms with Gasteiger partial charge in [0.05, 0.1) is 11.7 Å². The zero-order valence-corrected chi connectivity index (χ0v) is 16.5. The van der Waals surface area contributed by atoms with Crippen LogP contribution in [0.1, 0.15) is 28.9 Å². The van der Waals surface area contributed by atoms with Gasteiger partial charge in [-0.05, 0) is 43.9 Å². The van der Waals surface area contributed by atoms with Crippen molar-refractivity contribution in [1.29, 1.82) is 0 Å². The normalized spacial score (nSPS) is 31.7. The molecule has 29 heavy (non-hydrogen) atoms. The molecule has 4 atom stereocenters. The third-order valence-corrected chi connectivity index (χ3v) is 6.71. The molecule has 0 bridgehead atoms. The number of aliphatic hydroxyl groups is 1. The number of alkyl halides is 3. The SMILES string of the molecule is CN1CCN([C@@H]2C[C@@H]3CN(C(=O)c4ccc(C(F)(F)F)cn4)C[C@@H]3C[C@H]2O)CC1. The second kappa shape index (κ2) is 7.85. The van der Waals surface area contributed by atoms with Gasteiger partial charge < -0.3 is 14.9 Å². The van der Waals surface area contributed by atoms with Crippen LogP contribution in [0.5, 0.6) is 0 Å². The molecule has 0 unspecified atom stereocenters. The maximum Gasteiger partial charge on any atom is 0.417 e. The molecular weight excluding hydrogens is 385 g/mol. The highest BCUT2D eigenvalue weighted by molar-refractivity contribution is 5.92. The highest BCUT2D eigenvalue weighted by atomic mass is 19.4. The van der Waals surface area contributed by atoms with Crippen molar-refractivity contribution >= 4 is 5.91 Å². The highest BCUT2D eigenvalue weighted by Gasteiger charge is 2.45. The second-order valence-electron chi connectivity index (χ2n) is 8.61. The first-order chi connectivity index (χ1) is 13.7. The van der Waals surface area contributed by atoms with Crippen molar-refractivity contribution in [2.75, 3.05) is 46.3 Å². The molecule has 4 rings (SSSR count). The van der Waals surface area contributed by atoms with Gasteiger partial charge >= 0.3 is 6.18 Å². The zero-order chi connectivity index (χ0) is 20.8. The number of carbonyl (C=O) groups excluding carboxylic acids is 1. The average molecular weight is 412 g/mol. The number of aliphatic hydroxyl groups excluding tert-OH is 1. The van der Waals surface area contributed by atoms with Crippen LogP contribution in [0.4, 0.5) is 13.2 Å². The van der Waals surface area contributed by atoms with Crippen LogP contribution in [0.15, 0.2) is 18.3 Å². The minimum Gasteiger partial charge on any atom is -0.391 e. The molecule has 2 aliphatic heterocycles. The van der Waals surface area contributed by atoms with Gasteiger partial charge in [0.25, 0.3) is 5.91 Å². The van der Waals surface area contributed by atoms with Crippen LogP contribution in [-0.2, 0) is 6.18 Å². The molecule has 160 valence electrons. The van der Waals surface area contributed by atoms with Gasteiger partial charge in [-0.1, -0.05) is 0 Å². The Bertz CT molecular complexity index is 734. The van der Waals surface area contributed by atoms with E-state index in [-0.39, 0.29) is 23.6 Å². The monoisotopic (exact) mass is 412 g/mol. The Morgan fingerprint density at radius 2 is 1.76 bits per heavy atom. The van der Waals surface area contributed by atoms with Crippen molar-refractivity contribution in [3.8, 4) is 0 Å². The van der Waals surface area contributed by atoms with E-state index in [1.54, 1.807) is 4.90 Å². The summed E-state index contributed by atoms with van der Waals surface area (Å²) in [5.41, 5.74) is -0.824. The first kappa shape index (κ1) is 20.6. The fraction of sp³-hybridized carbons (Fsp3) is 0.700. The lowest BCUT2D eigenvalue weighted by atomic mass is 9.77. The predicted molar refractivity (Wildman–Crippen MR) is 100 cm³/mol. The van der Waals surface area contributed by atoms with E-state index in [1.807, 2.05) is 0 Å². The Hall–Kier alpha value is -1.71. The number of pyridine rings is 1. The molecule has 6 nitrogen and oxygen atoms in total. The van der Waals surface area contributed by atoms with Gasteiger partial charge in [0.2, 0.25) is 0 Å². The fourth-order valence-electron chi connectivity index (χ4n) is 4.97. The topological polar surface area (TPSA) is 59.9 Å². The number of likely N-dealkylation sites (N-methyl/N-ethyl adjacent to an activating group) is 1. The second-order valence-corrected chi connectivity index (χ2v) is 8.61. The summed E-state index contributed by atoms with van der Waals surface area (Å²) < 4.78 is 38.1. The molecule has 0 radical (unpaired) electrons. The maximum absolute atomic E-state index is 12.8. The van der Waals surface area contributed by atoms with E-state index in [0.29, 0.717) is 31.6 Å². The molecule has 1 amide bonds. The smallest absolute Gasteiger partial charge is 0.391 e. The van der Waals surface area contributed by atoms with E-state index in [2.05, 4.69) is 21.8 Å². The van der Waals surface area contributed by atoms with Crippen LogP contribution in [0.2, 0.25) is 0 Å². The van der Waals surface area contributed by atoms with Gasteiger partial charge in [-0.2, -0.15) is 13.2 Å². The lowest BCUT2D eigenvalue weighted by Crippen LogP contribution is -2.55. The molecule has 0 aromatic carbocycles. The Kier molecular flexibility index (Phi) is 5.56. The summed E-state index contributed by atoms with van der Waals surface area (Å²) >= 11 is 0. The third kappa shape index (κ3) is 4.27. The van der Waals surface area contributed by atoms with Crippen LogP contribution in [0, 0.1) is 11.8 Å². The van der Waals surface area contributed by atoms with Crippen molar-refractivity contribution in [3.63, 3.8) is 0 Å². The van der Waals surface area contributed by atoms with Crippen molar-refractivity contribution in [1.82, 2.24) is 19.7 Å². The largest absolute Gasteiger partial charge is 0.417 e. The summed E-state index contributed by atoms with van der Waals surface area (Å²) in [7, 11) is 2.10. The standard InChI is InChI=1S/C20H27F3N4O2/c1-25-4-6-26(7-5-25)17-8-13-11-27(12-14(13)9-18(17)28)19(29)16-3-2-15(10-24-16)20(21,22)23/h2-3,10,13-14,17-18,28H,4-9,11-12H2,1H3/t13-,14+,17-,18-/m1/s1. The minimum absolute atomic E-state index is 0.0350. The number of nitrogens with zero attached hydrogens (tertiary/aromatic N) is 4. The number of halogens is 3. The minimum atomic E-state index is -4.47. The first-order valence-electron chi connectivity index (χ1n) is 10.2. The Morgan fingerprint density at radius 3 is 2.34 bits per heavy atom. The number of aromatic nitrogens is 1. The summed E-state index contributed by atoms with van der Waals surface area (Å²) in [5, 5.41) is 10.7. The zero-order valence-electron chi connectivity index (χ0n) is 16.5. The number of carbonyl (C=O) groups is 1. The van der Waals surface area contributed by atoms with E-state index in [0.717, 1.165) is 44.7 Å². The van der Waals surface area contributed by atoms with Gasteiger partial charge in [-0.25, -0.2) is 0 Å². The van der Waals surface area contributed by atoms with Crippen molar-refractivity contribution in [2.24, 2.45) is 11.8 Å². The number of fused-ring (bicyclic) bond motifs is 1. The van der Waals surface area contributed by atoms with Crippen molar-refractivity contribution in [2.45, 2.75) is 31.2 Å². The van der Waals surface area contributed by atoms with Crippen LogP contribution < -0.4 is 0 Å². The van der Waals surface area contributed by atoms with Crippen LogP contribution in [0.3, 0.4) is 0 Å². The summed E-state index contributed by atoms with van der Waals surface area (Å²) in [6.07, 6.45) is -2.65. The average Bonchev–Trinajstić information content (AvgIpc) is 3.09. The summed E-state index contributed by atoms with van der Waals surface area (Å²) in [6, 6.07) is 2.16. The molecule has 1 saturated carbocycles. The number of piperazine rings is 1. The molecule has 9 heteroatoms. The molecule has 0 spiro atoms. The Morgan fingerprint density at radius 1 is 1.10 bits per heavy atom. The van der Waals surface area contributed by atoms with Crippen LogP contribution in [-0.4, -0.2) is 89.2 Å². The van der Waals surface area contributed by atoms with Crippen LogP contribution >= 0.6 is 0 Å². The van der Waals surface area contributed by atoms with Crippen molar-refractivity contribution in [3.05, 3.63) is 29.6 Å². The number of amides is 1. The lowest BCUT2D eigenvalue weighted by Gasteiger charge is -2.44. The molecule has 3 heterocycles.